The van der Waals surface area contributed by atoms with Crippen LogP contribution in [0.3, 0.4) is 0 Å². The molecule has 7 heteroatoms. The van der Waals surface area contributed by atoms with Gasteiger partial charge in [0.05, 0.1) is 24.9 Å². The fourth-order valence-electron chi connectivity index (χ4n) is 2.52. The first kappa shape index (κ1) is 19.6. The number of anilines is 2. The van der Waals surface area contributed by atoms with Crippen LogP contribution in [0.25, 0.3) is 0 Å². The minimum atomic E-state index is -0.449. The van der Waals surface area contributed by atoms with Crippen LogP contribution < -0.4 is 20.1 Å². The molecule has 2 aromatic rings. The highest BCUT2D eigenvalue weighted by Crippen LogP contribution is 2.30. The smallest absolute Gasteiger partial charge is 0.233 e. The Morgan fingerprint density at radius 1 is 0.962 bits per heavy atom. The first-order valence-corrected chi connectivity index (χ1v) is 8.30. The summed E-state index contributed by atoms with van der Waals surface area (Å²) in [6, 6.07) is 8.62. The van der Waals surface area contributed by atoms with E-state index in [9.17, 15) is 9.59 Å². The van der Waals surface area contributed by atoms with Crippen molar-refractivity contribution in [3.63, 3.8) is 0 Å². The number of hydrogen-bond acceptors (Lipinski definition) is 4. The molecule has 0 radical (unpaired) electrons. The van der Waals surface area contributed by atoms with E-state index in [4.69, 9.17) is 21.1 Å². The zero-order chi connectivity index (χ0) is 19.3. The van der Waals surface area contributed by atoms with Crippen LogP contribution in [-0.2, 0) is 9.59 Å². The third-order valence-electron chi connectivity index (χ3n) is 3.68. The van der Waals surface area contributed by atoms with Crippen LogP contribution in [0.4, 0.5) is 11.4 Å². The van der Waals surface area contributed by atoms with Crippen LogP contribution in [0.5, 0.6) is 11.5 Å². The van der Waals surface area contributed by atoms with E-state index in [1.54, 1.807) is 24.3 Å². The second kappa shape index (κ2) is 8.58. The summed E-state index contributed by atoms with van der Waals surface area (Å²) in [4.78, 5) is 24.3. The average Bonchev–Trinajstić information content (AvgIpc) is 2.57. The molecular weight excluding hydrogens is 356 g/mol. The lowest BCUT2D eigenvalue weighted by Crippen LogP contribution is -2.22. The topological polar surface area (TPSA) is 76.7 Å². The molecule has 26 heavy (non-hydrogen) atoms. The van der Waals surface area contributed by atoms with Crippen LogP contribution in [-0.4, -0.2) is 26.0 Å². The summed E-state index contributed by atoms with van der Waals surface area (Å²) in [6.45, 7) is 3.76. The van der Waals surface area contributed by atoms with Gasteiger partial charge in [0.2, 0.25) is 11.8 Å². The SMILES string of the molecule is COc1ccc(NC(=O)CC(=O)Nc2c(C)cc(C)cc2Cl)cc1OC. The monoisotopic (exact) mass is 376 g/mol. The lowest BCUT2D eigenvalue weighted by Gasteiger charge is -2.12. The maximum absolute atomic E-state index is 12.2. The van der Waals surface area contributed by atoms with Crippen molar-refractivity contribution >= 4 is 34.8 Å². The molecule has 2 aromatic carbocycles. The fourth-order valence-corrected chi connectivity index (χ4v) is 2.89. The fraction of sp³-hybridized carbons (Fsp3) is 0.263. The molecule has 2 N–H and O–H groups in total. The summed E-state index contributed by atoms with van der Waals surface area (Å²) in [5.74, 6) is 0.136. The van der Waals surface area contributed by atoms with Gasteiger partial charge in [-0.15, -0.1) is 0 Å². The molecule has 0 aliphatic rings. The second-order valence-electron chi connectivity index (χ2n) is 5.78. The number of nitrogens with one attached hydrogen (secondary N) is 2. The van der Waals surface area contributed by atoms with Crippen molar-refractivity contribution in [3.8, 4) is 11.5 Å². The maximum Gasteiger partial charge on any atom is 0.233 e. The number of amides is 2. The predicted octanol–water partition coefficient (Wildman–Crippen LogP) is 3.94. The zero-order valence-electron chi connectivity index (χ0n) is 15.1. The van der Waals surface area contributed by atoms with Crippen molar-refractivity contribution in [1.82, 2.24) is 0 Å². The number of ether oxygens (including phenoxy) is 2. The minimum absolute atomic E-state index is 0.335. The number of carbonyl (C=O) groups is 2. The number of benzene rings is 2. The van der Waals surface area contributed by atoms with Gasteiger partial charge in [-0.2, -0.15) is 0 Å². The van der Waals surface area contributed by atoms with Gasteiger partial charge >= 0.3 is 0 Å². The van der Waals surface area contributed by atoms with Crippen LogP contribution >= 0.6 is 11.6 Å². The average molecular weight is 377 g/mol. The van der Waals surface area contributed by atoms with Gasteiger partial charge in [-0.05, 0) is 43.2 Å². The summed E-state index contributed by atoms with van der Waals surface area (Å²) in [6.07, 6.45) is -0.335. The van der Waals surface area contributed by atoms with Crippen molar-refractivity contribution in [2.45, 2.75) is 20.3 Å². The number of aryl methyl sites for hydroxylation is 2. The number of hydrogen-bond donors (Lipinski definition) is 2. The van der Waals surface area contributed by atoms with Gasteiger partial charge < -0.3 is 20.1 Å². The molecule has 0 saturated heterocycles. The largest absolute Gasteiger partial charge is 0.493 e. The molecule has 2 amide bonds. The molecule has 0 fully saturated rings. The van der Waals surface area contributed by atoms with Crippen molar-refractivity contribution in [2.24, 2.45) is 0 Å². The van der Waals surface area contributed by atoms with Gasteiger partial charge in [-0.3, -0.25) is 9.59 Å². The van der Waals surface area contributed by atoms with E-state index in [1.807, 2.05) is 19.9 Å². The summed E-state index contributed by atoms with van der Waals surface area (Å²) in [5, 5.41) is 5.78. The van der Waals surface area contributed by atoms with Gasteiger partial charge in [0.15, 0.2) is 11.5 Å². The zero-order valence-corrected chi connectivity index (χ0v) is 15.9. The first-order chi connectivity index (χ1) is 12.3. The molecule has 0 heterocycles. The lowest BCUT2D eigenvalue weighted by atomic mass is 10.1. The molecule has 0 unspecified atom stereocenters. The molecular formula is C19H21ClN2O4. The third kappa shape index (κ3) is 4.89. The Labute approximate surface area is 157 Å². The second-order valence-corrected chi connectivity index (χ2v) is 6.19. The molecule has 0 aliphatic heterocycles. The Hall–Kier alpha value is -2.73. The van der Waals surface area contributed by atoms with E-state index in [-0.39, 0.29) is 6.42 Å². The molecule has 6 nitrogen and oxygen atoms in total. The molecule has 0 aromatic heterocycles. The Bertz CT molecular complexity index is 813. The maximum atomic E-state index is 12.2. The highest BCUT2D eigenvalue weighted by Gasteiger charge is 2.14. The van der Waals surface area contributed by atoms with Gasteiger partial charge in [-0.1, -0.05) is 17.7 Å². The van der Waals surface area contributed by atoms with E-state index >= 15 is 0 Å². The number of rotatable bonds is 6. The summed E-state index contributed by atoms with van der Waals surface area (Å²) < 4.78 is 10.3. The lowest BCUT2D eigenvalue weighted by molar-refractivity contribution is -0.123. The van der Waals surface area contributed by atoms with Gasteiger partial charge in [-0.25, -0.2) is 0 Å². The molecule has 2 rings (SSSR count). The Balaban J connectivity index is 2.01. The van der Waals surface area contributed by atoms with E-state index in [1.165, 1.54) is 14.2 Å². The molecule has 0 atom stereocenters. The normalized spacial score (nSPS) is 10.2. The Kier molecular flexibility index (Phi) is 6.46. The highest BCUT2D eigenvalue weighted by molar-refractivity contribution is 6.34. The van der Waals surface area contributed by atoms with Crippen LogP contribution in [0.1, 0.15) is 17.5 Å². The number of carbonyl (C=O) groups excluding carboxylic acids is 2. The summed E-state index contributed by atoms with van der Waals surface area (Å²) >= 11 is 6.17. The predicted molar refractivity (Wildman–Crippen MR) is 102 cm³/mol. The van der Waals surface area contributed by atoms with Crippen molar-refractivity contribution in [2.75, 3.05) is 24.9 Å². The van der Waals surface area contributed by atoms with Crippen LogP contribution in [0.15, 0.2) is 30.3 Å². The van der Waals surface area contributed by atoms with E-state index < -0.39 is 11.8 Å². The third-order valence-corrected chi connectivity index (χ3v) is 3.98. The number of methoxy groups -OCH3 is 2. The van der Waals surface area contributed by atoms with Crippen molar-refractivity contribution in [3.05, 3.63) is 46.5 Å². The van der Waals surface area contributed by atoms with Gasteiger partial charge in [0, 0.05) is 11.8 Å². The molecule has 0 spiro atoms. The number of halogens is 1. The highest BCUT2D eigenvalue weighted by atomic mass is 35.5. The van der Waals surface area contributed by atoms with E-state index in [0.29, 0.717) is 27.9 Å². The van der Waals surface area contributed by atoms with E-state index in [2.05, 4.69) is 10.6 Å². The van der Waals surface area contributed by atoms with Gasteiger partial charge in [0.1, 0.15) is 6.42 Å². The first-order valence-electron chi connectivity index (χ1n) is 7.92. The minimum Gasteiger partial charge on any atom is -0.493 e. The van der Waals surface area contributed by atoms with Gasteiger partial charge in [0.25, 0.3) is 0 Å². The summed E-state index contributed by atoms with van der Waals surface area (Å²) in [5.41, 5.74) is 2.85. The standard InChI is InChI=1S/C19H21ClN2O4/c1-11-7-12(2)19(14(20)8-11)22-18(24)10-17(23)21-13-5-6-15(25-3)16(9-13)26-4/h5-9H,10H2,1-4H3,(H,21,23)(H,22,24). The quantitative estimate of drug-likeness (QED) is 0.748. The van der Waals surface area contributed by atoms with Crippen molar-refractivity contribution in [1.29, 1.82) is 0 Å². The van der Waals surface area contributed by atoms with Crippen molar-refractivity contribution < 1.29 is 19.1 Å². The molecule has 138 valence electrons. The molecule has 0 aliphatic carbocycles. The van der Waals surface area contributed by atoms with Crippen LogP contribution in [0, 0.1) is 13.8 Å². The summed E-state index contributed by atoms with van der Waals surface area (Å²) in [7, 11) is 3.03. The molecule has 0 bridgehead atoms. The van der Waals surface area contributed by atoms with Crippen LogP contribution in [0.2, 0.25) is 5.02 Å². The Morgan fingerprint density at radius 2 is 1.62 bits per heavy atom. The van der Waals surface area contributed by atoms with E-state index in [0.717, 1.165) is 11.1 Å². The molecule has 0 saturated carbocycles. The Morgan fingerprint density at radius 3 is 2.23 bits per heavy atom.